The van der Waals surface area contributed by atoms with Gasteiger partial charge in [0.25, 0.3) is 0 Å². The summed E-state index contributed by atoms with van der Waals surface area (Å²) in [6.45, 7) is 1.96. The number of aromatic amines is 1. The summed E-state index contributed by atoms with van der Waals surface area (Å²) in [5.74, 6) is -0.258. The van der Waals surface area contributed by atoms with Crippen LogP contribution in [-0.4, -0.2) is 10.1 Å². The Kier molecular flexibility index (Phi) is 2.84. The van der Waals surface area contributed by atoms with Crippen molar-refractivity contribution in [1.82, 2.24) is 4.98 Å². The van der Waals surface area contributed by atoms with Gasteiger partial charge >= 0.3 is 0 Å². The van der Waals surface area contributed by atoms with Gasteiger partial charge in [-0.15, -0.1) is 0 Å². The Morgan fingerprint density at radius 3 is 2.53 bits per heavy atom. The highest BCUT2D eigenvalue weighted by molar-refractivity contribution is 5.99. The summed E-state index contributed by atoms with van der Waals surface area (Å²) < 4.78 is 13.0. The third kappa shape index (κ3) is 1.92. The van der Waals surface area contributed by atoms with Crippen molar-refractivity contribution in [2.24, 2.45) is 0 Å². The Labute approximate surface area is 110 Å². The van der Waals surface area contributed by atoms with E-state index in [9.17, 15) is 9.50 Å². The van der Waals surface area contributed by atoms with Gasteiger partial charge in [-0.25, -0.2) is 4.39 Å². The van der Waals surface area contributed by atoms with E-state index >= 15 is 0 Å². The maximum atomic E-state index is 13.0. The topological polar surface area (TPSA) is 36.0 Å². The predicted octanol–water partition coefficient (Wildman–Crippen LogP) is 3.77. The molecule has 2 nitrogen and oxygen atoms in total. The Bertz CT molecular complexity index is 728. The lowest BCUT2D eigenvalue weighted by atomic mass is 9.99. The lowest BCUT2D eigenvalue weighted by Crippen LogP contribution is -1.87. The molecule has 0 atom stereocenters. The number of rotatable bonds is 2. The van der Waals surface area contributed by atoms with E-state index in [0.29, 0.717) is 0 Å². The van der Waals surface area contributed by atoms with Crippen molar-refractivity contribution in [2.45, 2.75) is 13.5 Å². The third-order valence-electron chi connectivity index (χ3n) is 3.40. The van der Waals surface area contributed by atoms with Crippen LogP contribution in [0.3, 0.4) is 0 Å². The van der Waals surface area contributed by atoms with E-state index in [1.807, 2.05) is 25.1 Å². The molecule has 0 saturated heterocycles. The summed E-state index contributed by atoms with van der Waals surface area (Å²) in [7, 11) is 0. The molecule has 1 aromatic heterocycles. The number of H-pyrrole nitrogens is 1. The number of nitrogens with one attached hydrogen (secondary N) is 1. The smallest absolute Gasteiger partial charge is 0.123 e. The number of benzene rings is 2. The maximum absolute atomic E-state index is 13.0. The number of halogens is 1. The van der Waals surface area contributed by atoms with Crippen LogP contribution in [0.15, 0.2) is 42.5 Å². The van der Waals surface area contributed by atoms with E-state index in [0.717, 1.165) is 33.3 Å². The minimum Gasteiger partial charge on any atom is -0.390 e. The molecule has 3 aromatic rings. The van der Waals surface area contributed by atoms with Crippen molar-refractivity contribution in [3.8, 4) is 11.1 Å². The quantitative estimate of drug-likeness (QED) is 0.718. The molecule has 0 fully saturated rings. The molecule has 0 aliphatic heterocycles. The predicted molar refractivity (Wildman–Crippen MR) is 74.4 cm³/mol. The molecule has 0 spiro atoms. The van der Waals surface area contributed by atoms with Gasteiger partial charge in [0, 0.05) is 22.2 Å². The van der Waals surface area contributed by atoms with Gasteiger partial charge in [0.05, 0.1) is 6.61 Å². The normalized spacial score (nSPS) is 11.1. The Morgan fingerprint density at radius 2 is 1.84 bits per heavy atom. The minimum atomic E-state index is -0.258. The molecular formula is C16H14FNO. The van der Waals surface area contributed by atoms with E-state index in [2.05, 4.69) is 4.98 Å². The number of fused-ring (bicyclic) bond motifs is 1. The second kappa shape index (κ2) is 4.52. The fourth-order valence-corrected chi connectivity index (χ4v) is 2.53. The van der Waals surface area contributed by atoms with Crippen LogP contribution in [-0.2, 0) is 6.61 Å². The highest BCUT2D eigenvalue weighted by atomic mass is 19.1. The lowest BCUT2D eigenvalue weighted by Gasteiger charge is -2.05. The van der Waals surface area contributed by atoms with Gasteiger partial charge < -0.3 is 10.1 Å². The van der Waals surface area contributed by atoms with Gasteiger partial charge in [0.15, 0.2) is 0 Å². The zero-order valence-electron chi connectivity index (χ0n) is 10.6. The SMILES string of the molecule is Cc1cccc2[nH]c(CO)c(-c3ccc(F)cc3)c12. The first-order valence-corrected chi connectivity index (χ1v) is 6.17. The van der Waals surface area contributed by atoms with E-state index in [-0.39, 0.29) is 12.4 Å². The molecule has 2 N–H and O–H groups in total. The van der Waals surface area contributed by atoms with Gasteiger partial charge in [0.2, 0.25) is 0 Å². The van der Waals surface area contributed by atoms with Crippen LogP contribution in [0.25, 0.3) is 22.0 Å². The first-order valence-electron chi connectivity index (χ1n) is 6.17. The second-order valence-electron chi connectivity index (χ2n) is 4.64. The zero-order chi connectivity index (χ0) is 13.4. The van der Waals surface area contributed by atoms with Crippen molar-refractivity contribution in [3.05, 3.63) is 59.5 Å². The Balaban J connectivity index is 2.35. The molecule has 0 saturated carbocycles. The molecule has 96 valence electrons. The molecule has 0 aliphatic rings. The van der Waals surface area contributed by atoms with Crippen LogP contribution >= 0.6 is 0 Å². The summed E-state index contributed by atoms with van der Waals surface area (Å²) in [6, 6.07) is 12.3. The van der Waals surface area contributed by atoms with Gasteiger partial charge in [-0.3, -0.25) is 0 Å². The molecule has 0 bridgehead atoms. The van der Waals surface area contributed by atoms with Crippen LogP contribution in [0, 0.1) is 12.7 Å². The number of hydrogen-bond acceptors (Lipinski definition) is 1. The van der Waals surface area contributed by atoms with Gasteiger partial charge in [-0.2, -0.15) is 0 Å². The van der Waals surface area contributed by atoms with Gasteiger partial charge in [0.1, 0.15) is 5.82 Å². The van der Waals surface area contributed by atoms with Crippen molar-refractivity contribution < 1.29 is 9.50 Å². The monoisotopic (exact) mass is 255 g/mol. The van der Waals surface area contributed by atoms with Crippen LogP contribution in [0.1, 0.15) is 11.3 Å². The first-order chi connectivity index (χ1) is 9.20. The summed E-state index contributed by atoms with van der Waals surface area (Å²) >= 11 is 0. The first kappa shape index (κ1) is 11.9. The Morgan fingerprint density at radius 1 is 1.11 bits per heavy atom. The summed E-state index contributed by atoms with van der Waals surface area (Å²) in [5, 5.41) is 10.6. The largest absolute Gasteiger partial charge is 0.390 e. The molecule has 0 radical (unpaired) electrons. The number of hydrogen-bond donors (Lipinski definition) is 2. The van der Waals surface area contributed by atoms with Crippen molar-refractivity contribution in [2.75, 3.05) is 0 Å². The molecule has 19 heavy (non-hydrogen) atoms. The van der Waals surface area contributed by atoms with Crippen LogP contribution < -0.4 is 0 Å². The molecular weight excluding hydrogens is 241 g/mol. The average Bonchev–Trinajstić information content (AvgIpc) is 2.80. The second-order valence-corrected chi connectivity index (χ2v) is 4.64. The minimum absolute atomic E-state index is 0.0686. The number of aryl methyl sites for hydroxylation is 1. The molecule has 0 unspecified atom stereocenters. The van der Waals surface area contributed by atoms with Crippen LogP contribution in [0.2, 0.25) is 0 Å². The molecule has 3 heteroatoms. The Hall–Kier alpha value is -2.13. The van der Waals surface area contributed by atoms with Gasteiger partial charge in [-0.1, -0.05) is 24.3 Å². The summed E-state index contributed by atoms with van der Waals surface area (Å²) in [6.07, 6.45) is 0. The molecule has 1 heterocycles. The summed E-state index contributed by atoms with van der Waals surface area (Å²) in [5.41, 5.74) is 4.74. The van der Waals surface area contributed by atoms with E-state index in [1.165, 1.54) is 12.1 Å². The maximum Gasteiger partial charge on any atom is 0.123 e. The lowest BCUT2D eigenvalue weighted by molar-refractivity contribution is 0.278. The van der Waals surface area contributed by atoms with E-state index < -0.39 is 0 Å². The average molecular weight is 255 g/mol. The molecule has 3 rings (SSSR count). The van der Waals surface area contributed by atoms with E-state index in [4.69, 9.17) is 0 Å². The molecule has 2 aromatic carbocycles. The van der Waals surface area contributed by atoms with Gasteiger partial charge in [-0.05, 0) is 36.2 Å². The third-order valence-corrected chi connectivity index (χ3v) is 3.40. The fraction of sp³-hybridized carbons (Fsp3) is 0.125. The zero-order valence-corrected chi connectivity index (χ0v) is 10.6. The molecule has 0 amide bonds. The standard InChI is InChI=1S/C16H14FNO/c1-10-3-2-4-13-15(10)16(14(9-19)18-13)11-5-7-12(17)8-6-11/h2-8,18-19H,9H2,1H3. The number of aromatic nitrogens is 1. The van der Waals surface area contributed by atoms with Crippen molar-refractivity contribution in [1.29, 1.82) is 0 Å². The summed E-state index contributed by atoms with van der Waals surface area (Å²) in [4.78, 5) is 3.22. The van der Waals surface area contributed by atoms with Crippen LogP contribution in [0.4, 0.5) is 4.39 Å². The van der Waals surface area contributed by atoms with E-state index in [1.54, 1.807) is 12.1 Å². The molecule has 0 aliphatic carbocycles. The number of aliphatic hydroxyl groups excluding tert-OH is 1. The van der Waals surface area contributed by atoms with Crippen molar-refractivity contribution in [3.63, 3.8) is 0 Å². The highest BCUT2D eigenvalue weighted by Gasteiger charge is 2.14. The number of aliphatic hydroxyl groups is 1. The van der Waals surface area contributed by atoms with Crippen LogP contribution in [0.5, 0.6) is 0 Å². The highest BCUT2D eigenvalue weighted by Crippen LogP contribution is 2.34. The van der Waals surface area contributed by atoms with Crippen molar-refractivity contribution >= 4 is 10.9 Å². The fourth-order valence-electron chi connectivity index (χ4n) is 2.53.